The van der Waals surface area contributed by atoms with E-state index in [4.69, 9.17) is 4.74 Å². The second kappa shape index (κ2) is 7.44. The van der Waals surface area contributed by atoms with Gasteiger partial charge in [-0.15, -0.1) is 10.2 Å². The van der Waals surface area contributed by atoms with Gasteiger partial charge in [0.15, 0.2) is 0 Å². The van der Waals surface area contributed by atoms with Gasteiger partial charge < -0.3 is 4.74 Å². The normalized spacial score (nSPS) is 8.86. The molecule has 1 aromatic rings. The zero-order valence-electron chi connectivity index (χ0n) is 9.03. The molecule has 0 unspecified atom stereocenters. The van der Waals surface area contributed by atoms with Crippen LogP contribution in [0, 0.1) is 6.92 Å². The van der Waals surface area contributed by atoms with Crippen molar-refractivity contribution >= 4 is 17.3 Å². The summed E-state index contributed by atoms with van der Waals surface area (Å²) in [5.74, 6) is -0.373. The number of rotatable bonds is 3. The van der Waals surface area contributed by atoms with Gasteiger partial charge in [-0.3, -0.25) is 0 Å². The maximum atomic E-state index is 11.1. The van der Waals surface area contributed by atoms with Gasteiger partial charge in [0.2, 0.25) is 5.01 Å². The molecule has 5 heteroatoms. The largest absolute Gasteiger partial charge is 0.460 e. The first-order valence-corrected chi connectivity index (χ1v) is 5.53. The van der Waals surface area contributed by atoms with Crippen LogP contribution < -0.4 is 0 Å². The number of hydrogen-bond acceptors (Lipinski definition) is 5. The molecule has 0 amide bonds. The van der Waals surface area contributed by atoms with E-state index in [1.54, 1.807) is 6.92 Å². The van der Waals surface area contributed by atoms with E-state index in [1.165, 1.54) is 11.3 Å². The van der Waals surface area contributed by atoms with Crippen LogP contribution in [0.5, 0.6) is 0 Å². The van der Waals surface area contributed by atoms with E-state index in [-0.39, 0.29) is 5.97 Å². The van der Waals surface area contributed by atoms with Gasteiger partial charge in [-0.1, -0.05) is 32.1 Å². The summed E-state index contributed by atoms with van der Waals surface area (Å²) in [4.78, 5) is 11.1. The molecule has 0 bridgehead atoms. The van der Waals surface area contributed by atoms with Crippen LogP contribution >= 0.6 is 11.3 Å². The van der Waals surface area contributed by atoms with E-state index in [9.17, 15) is 4.79 Å². The second-order valence-corrected chi connectivity index (χ2v) is 3.44. The van der Waals surface area contributed by atoms with Crippen LogP contribution in [0.4, 0.5) is 0 Å². The lowest BCUT2D eigenvalue weighted by Crippen LogP contribution is -2.05. The minimum absolute atomic E-state index is 0.334. The Morgan fingerprint density at radius 2 is 2.07 bits per heavy atom. The molecule has 0 radical (unpaired) electrons. The Balaban J connectivity index is 0.000000791. The van der Waals surface area contributed by atoms with Gasteiger partial charge in [-0.05, 0) is 13.3 Å². The monoisotopic (exact) mass is 216 g/mol. The minimum atomic E-state index is -0.373. The topological polar surface area (TPSA) is 52.1 Å². The lowest BCUT2D eigenvalue weighted by atomic mass is 10.5. The van der Waals surface area contributed by atoms with Crippen molar-refractivity contribution in [2.45, 2.75) is 34.1 Å². The van der Waals surface area contributed by atoms with E-state index in [0.29, 0.717) is 11.6 Å². The summed E-state index contributed by atoms with van der Waals surface area (Å²) in [6.45, 7) is 8.18. The Hall–Kier alpha value is -0.970. The molecule has 0 atom stereocenters. The van der Waals surface area contributed by atoms with Crippen molar-refractivity contribution in [3.8, 4) is 0 Å². The molecule has 4 nitrogen and oxygen atoms in total. The molecule has 0 saturated carbocycles. The minimum Gasteiger partial charge on any atom is -0.460 e. The van der Waals surface area contributed by atoms with Crippen LogP contribution in [-0.2, 0) is 4.74 Å². The van der Waals surface area contributed by atoms with Crippen molar-refractivity contribution in [1.29, 1.82) is 0 Å². The fraction of sp³-hybridized carbons (Fsp3) is 0.667. The molecule has 0 aliphatic carbocycles. The Bertz CT molecular complexity index is 274. The molecule has 0 aliphatic heterocycles. The van der Waals surface area contributed by atoms with Gasteiger partial charge in [-0.2, -0.15) is 0 Å². The highest BCUT2D eigenvalue weighted by atomic mass is 32.1. The van der Waals surface area contributed by atoms with Crippen LogP contribution in [0.25, 0.3) is 0 Å². The highest BCUT2D eigenvalue weighted by Gasteiger charge is 2.11. The van der Waals surface area contributed by atoms with E-state index < -0.39 is 0 Å². The lowest BCUT2D eigenvalue weighted by molar-refractivity contribution is 0.0503. The summed E-state index contributed by atoms with van der Waals surface area (Å²) in [5, 5.41) is 8.49. The second-order valence-electron chi connectivity index (χ2n) is 2.26. The van der Waals surface area contributed by atoms with E-state index in [2.05, 4.69) is 10.2 Å². The highest BCUT2D eigenvalue weighted by molar-refractivity contribution is 7.13. The molecule has 0 aliphatic rings. The van der Waals surface area contributed by atoms with Gasteiger partial charge in [-0.25, -0.2) is 4.79 Å². The average Bonchev–Trinajstić information content (AvgIpc) is 2.64. The van der Waals surface area contributed by atoms with Gasteiger partial charge in [0.1, 0.15) is 5.01 Å². The Morgan fingerprint density at radius 3 is 2.50 bits per heavy atom. The van der Waals surface area contributed by atoms with E-state index in [1.807, 2.05) is 20.8 Å². The number of hydrogen-bond donors (Lipinski definition) is 0. The number of aromatic nitrogens is 2. The van der Waals surface area contributed by atoms with Gasteiger partial charge in [0, 0.05) is 0 Å². The molecule has 0 saturated heterocycles. The molecular formula is C9H16N2O2S. The van der Waals surface area contributed by atoms with Crippen molar-refractivity contribution < 1.29 is 9.53 Å². The third-order valence-corrected chi connectivity index (χ3v) is 1.96. The summed E-state index contributed by atoms with van der Waals surface area (Å²) in [7, 11) is 0. The van der Waals surface area contributed by atoms with Crippen LogP contribution in [0.15, 0.2) is 0 Å². The molecule has 1 heterocycles. The maximum Gasteiger partial charge on any atom is 0.369 e. The van der Waals surface area contributed by atoms with Crippen molar-refractivity contribution in [2.75, 3.05) is 6.61 Å². The number of carbonyl (C=O) groups is 1. The molecule has 1 aromatic heterocycles. The summed E-state index contributed by atoms with van der Waals surface area (Å²) in [6.07, 6.45) is 0.823. The Kier molecular flexibility index (Phi) is 6.92. The SMILES string of the molecule is CC.CCCOC(=O)c1nnc(C)s1. The zero-order valence-corrected chi connectivity index (χ0v) is 9.85. The first kappa shape index (κ1) is 13.0. The lowest BCUT2D eigenvalue weighted by Gasteiger charge is -1.96. The van der Waals surface area contributed by atoms with E-state index >= 15 is 0 Å². The molecule has 14 heavy (non-hydrogen) atoms. The maximum absolute atomic E-state index is 11.1. The molecule has 0 N–H and O–H groups in total. The smallest absolute Gasteiger partial charge is 0.369 e. The van der Waals surface area contributed by atoms with Crippen LogP contribution in [-0.4, -0.2) is 22.8 Å². The Morgan fingerprint density at radius 1 is 1.43 bits per heavy atom. The third-order valence-electron chi connectivity index (χ3n) is 1.14. The number of esters is 1. The van der Waals surface area contributed by atoms with Gasteiger partial charge in [0.25, 0.3) is 0 Å². The summed E-state index contributed by atoms with van der Waals surface area (Å²) in [5.41, 5.74) is 0. The predicted octanol–water partition coefficient (Wildman–Crippen LogP) is 2.44. The van der Waals surface area contributed by atoms with Crippen molar-refractivity contribution in [3.05, 3.63) is 10.0 Å². The standard InChI is InChI=1S/C7H10N2O2S.C2H6/c1-3-4-11-7(10)6-9-8-5(2)12-6;1-2/h3-4H2,1-2H3;1-2H3. The third kappa shape index (κ3) is 4.32. The number of ether oxygens (including phenoxy) is 1. The first-order valence-electron chi connectivity index (χ1n) is 4.71. The summed E-state index contributed by atoms with van der Waals surface area (Å²) in [6, 6.07) is 0. The van der Waals surface area contributed by atoms with Crippen molar-refractivity contribution in [2.24, 2.45) is 0 Å². The van der Waals surface area contributed by atoms with Crippen LogP contribution in [0.2, 0.25) is 0 Å². The molecule has 80 valence electrons. The first-order chi connectivity index (χ1) is 6.74. The van der Waals surface area contributed by atoms with Crippen molar-refractivity contribution in [3.63, 3.8) is 0 Å². The fourth-order valence-corrected chi connectivity index (χ4v) is 1.22. The fourth-order valence-electron chi connectivity index (χ4n) is 0.636. The summed E-state index contributed by atoms with van der Waals surface area (Å²) < 4.78 is 4.86. The zero-order chi connectivity index (χ0) is 11.0. The molecule has 1 rings (SSSR count). The van der Waals surface area contributed by atoms with Crippen LogP contribution in [0.1, 0.15) is 42.0 Å². The number of aryl methyl sites for hydroxylation is 1. The van der Waals surface area contributed by atoms with Gasteiger partial charge in [0.05, 0.1) is 6.61 Å². The number of carbonyl (C=O) groups excluding carboxylic acids is 1. The van der Waals surface area contributed by atoms with Gasteiger partial charge >= 0.3 is 5.97 Å². The number of nitrogens with zero attached hydrogens (tertiary/aromatic N) is 2. The Labute approximate surface area is 88.3 Å². The quantitative estimate of drug-likeness (QED) is 0.728. The van der Waals surface area contributed by atoms with Crippen molar-refractivity contribution in [1.82, 2.24) is 10.2 Å². The average molecular weight is 216 g/mol. The molecule has 0 aromatic carbocycles. The molecular weight excluding hydrogens is 200 g/mol. The summed E-state index contributed by atoms with van der Waals surface area (Å²) >= 11 is 1.25. The molecule has 0 spiro atoms. The highest BCUT2D eigenvalue weighted by Crippen LogP contribution is 2.08. The van der Waals surface area contributed by atoms with Crippen LogP contribution in [0.3, 0.4) is 0 Å². The predicted molar refractivity (Wildman–Crippen MR) is 56.6 cm³/mol. The van der Waals surface area contributed by atoms with E-state index in [0.717, 1.165) is 11.4 Å². The molecule has 0 fully saturated rings.